The molecule has 2 N–H and O–H groups in total. The molecule has 32 heavy (non-hydrogen) atoms. The molecule has 0 unspecified atom stereocenters. The van der Waals surface area contributed by atoms with Gasteiger partial charge in [-0.15, -0.1) is 0 Å². The normalized spacial score (nSPS) is 11.4. The largest absolute Gasteiger partial charge is 0.360 e. The molecule has 5 aromatic rings. The van der Waals surface area contributed by atoms with Crippen molar-refractivity contribution < 1.29 is 4.79 Å². The number of carbonyl (C=O) groups excluding carboxylic acids is 1. The molecule has 0 aliphatic rings. The highest BCUT2D eigenvalue weighted by Gasteiger charge is 2.14. The van der Waals surface area contributed by atoms with Gasteiger partial charge in [0.15, 0.2) is 0 Å². The first kappa shape index (κ1) is 19.6. The Hall–Kier alpha value is -4.32. The SMILES string of the molecule is CCc1cccc2c(C=NNC(=O)c3cc(-c4cccnc4)nc4ccccc34)c[nH]c12. The number of rotatable bonds is 5. The Morgan fingerprint density at radius 1 is 1.09 bits per heavy atom. The molecule has 0 radical (unpaired) electrons. The second-order valence-corrected chi connectivity index (χ2v) is 7.45. The molecule has 0 saturated heterocycles. The van der Waals surface area contributed by atoms with E-state index < -0.39 is 0 Å². The summed E-state index contributed by atoms with van der Waals surface area (Å²) in [6, 6.07) is 19.3. The van der Waals surface area contributed by atoms with Crippen molar-refractivity contribution in [1.82, 2.24) is 20.4 Å². The fraction of sp³-hybridized carbons (Fsp3) is 0.0769. The molecule has 0 aliphatic heterocycles. The maximum atomic E-state index is 13.1. The van der Waals surface area contributed by atoms with Crippen LogP contribution in [-0.4, -0.2) is 27.1 Å². The average molecular weight is 419 g/mol. The van der Waals surface area contributed by atoms with E-state index in [9.17, 15) is 4.79 Å². The number of fused-ring (bicyclic) bond motifs is 2. The highest BCUT2D eigenvalue weighted by molar-refractivity contribution is 6.07. The molecule has 1 amide bonds. The van der Waals surface area contributed by atoms with Crippen LogP contribution in [0.4, 0.5) is 0 Å². The maximum absolute atomic E-state index is 13.1. The van der Waals surface area contributed by atoms with Gasteiger partial charge in [0.2, 0.25) is 0 Å². The van der Waals surface area contributed by atoms with Gasteiger partial charge in [0.05, 0.1) is 23.0 Å². The third-order valence-electron chi connectivity index (χ3n) is 5.50. The molecule has 0 saturated carbocycles. The number of aromatic amines is 1. The number of pyridine rings is 2. The van der Waals surface area contributed by atoms with E-state index in [1.165, 1.54) is 5.56 Å². The Balaban J connectivity index is 1.46. The summed E-state index contributed by atoms with van der Waals surface area (Å²) in [5.74, 6) is -0.293. The zero-order valence-corrected chi connectivity index (χ0v) is 17.5. The Morgan fingerprint density at radius 2 is 1.97 bits per heavy atom. The standard InChI is InChI=1S/C26H21N5O/c1-2-17-7-5-10-20-19(15-28-25(17)20)16-29-31-26(32)22-13-24(18-8-6-12-27-14-18)30-23-11-4-3-9-21(22)23/h3-16,28H,2H2,1H3,(H,31,32). The van der Waals surface area contributed by atoms with Gasteiger partial charge in [0.1, 0.15) is 0 Å². The molecular weight excluding hydrogens is 398 g/mol. The minimum absolute atomic E-state index is 0.293. The van der Waals surface area contributed by atoms with Gasteiger partial charge in [0, 0.05) is 46.0 Å². The molecule has 2 aromatic carbocycles. The van der Waals surface area contributed by atoms with Gasteiger partial charge in [-0.05, 0) is 36.2 Å². The Bertz CT molecular complexity index is 1450. The molecule has 0 atom stereocenters. The van der Waals surface area contributed by atoms with Crippen LogP contribution in [0.2, 0.25) is 0 Å². The van der Waals surface area contributed by atoms with E-state index >= 15 is 0 Å². The zero-order valence-electron chi connectivity index (χ0n) is 17.5. The van der Waals surface area contributed by atoms with Crippen molar-refractivity contribution in [2.45, 2.75) is 13.3 Å². The minimum atomic E-state index is -0.293. The summed E-state index contributed by atoms with van der Waals surface area (Å²) in [4.78, 5) is 25.2. The van der Waals surface area contributed by atoms with Crippen LogP contribution in [0.25, 0.3) is 33.1 Å². The topological polar surface area (TPSA) is 83.0 Å². The Morgan fingerprint density at radius 3 is 2.81 bits per heavy atom. The lowest BCUT2D eigenvalue weighted by Crippen LogP contribution is -2.18. The van der Waals surface area contributed by atoms with Crippen molar-refractivity contribution in [2.75, 3.05) is 0 Å². The fourth-order valence-electron chi connectivity index (χ4n) is 3.89. The molecule has 0 aliphatic carbocycles. The van der Waals surface area contributed by atoms with Crippen LogP contribution in [0.5, 0.6) is 0 Å². The van der Waals surface area contributed by atoms with Gasteiger partial charge in [-0.25, -0.2) is 10.4 Å². The van der Waals surface area contributed by atoms with E-state index in [4.69, 9.17) is 4.98 Å². The molecule has 5 rings (SSSR count). The van der Waals surface area contributed by atoms with Crippen molar-refractivity contribution in [2.24, 2.45) is 5.10 Å². The molecule has 6 nitrogen and oxygen atoms in total. The van der Waals surface area contributed by atoms with E-state index in [0.29, 0.717) is 11.3 Å². The lowest BCUT2D eigenvalue weighted by Gasteiger charge is -2.08. The summed E-state index contributed by atoms with van der Waals surface area (Å²) in [5.41, 5.74) is 8.74. The smallest absolute Gasteiger partial charge is 0.272 e. The van der Waals surface area contributed by atoms with E-state index in [1.54, 1.807) is 24.7 Å². The molecule has 0 bridgehead atoms. The summed E-state index contributed by atoms with van der Waals surface area (Å²) >= 11 is 0. The van der Waals surface area contributed by atoms with Gasteiger partial charge in [0.25, 0.3) is 5.91 Å². The van der Waals surface area contributed by atoms with Crippen LogP contribution in [-0.2, 0) is 6.42 Å². The van der Waals surface area contributed by atoms with E-state index in [-0.39, 0.29) is 5.91 Å². The number of hydrogen-bond donors (Lipinski definition) is 2. The first-order chi connectivity index (χ1) is 15.7. The first-order valence-electron chi connectivity index (χ1n) is 10.5. The second kappa shape index (κ2) is 8.43. The summed E-state index contributed by atoms with van der Waals surface area (Å²) in [6.07, 6.45) is 7.96. The van der Waals surface area contributed by atoms with Crippen LogP contribution in [0.1, 0.15) is 28.4 Å². The van der Waals surface area contributed by atoms with E-state index in [2.05, 4.69) is 33.5 Å². The molecule has 3 heterocycles. The van der Waals surface area contributed by atoms with Gasteiger partial charge in [-0.2, -0.15) is 5.10 Å². The number of carbonyl (C=O) groups is 1. The lowest BCUT2D eigenvalue weighted by atomic mass is 10.0. The predicted octanol–water partition coefficient (Wildman–Crippen LogP) is 5.10. The van der Waals surface area contributed by atoms with Crippen molar-refractivity contribution in [3.8, 4) is 11.3 Å². The van der Waals surface area contributed by atoms with Crippen LogP contribution in [0.3, 0.4) is 0 Å². The summed E-state index contributed by atoms with van der Waals surface area (Å²) in [7, 11) is 0. The molecule has 6 heteroatoms. The van der Waals surface area contributed by atoms with Gasteiger partial charge in [-0.1, -0.05) is 43.3 Å². The minimum Gasteiger partial charge on any atom is -0.360 e. The number of aryl methyl sites for hydroxylation is 1. The number of hydrazone groups is 1. The third kappa shape index (κ3) is 3.63. The molecule has 0 fully saturated rings. The number of para-hydroxylation sites is 2. The average Bonchev–Trinajstić information content (AvgIpc) is 3.27. The van der Waals surface area contributed by atoms with Crippen LogP contribution >= 0.6 is 0 Å². The molecular formula is C26H21N5O. The van der Waals surface area contributed by atoms with Crippen molar-refractivity contribution >= 4 is 33.9 Å². The van der Waals surface area contributed by atoms with Crippen molar-refractivity contribution in [3.63, 3.8) is 0 Å². The predicted molar refractivity (Wildman–Crippen MR) is 128 cm³/mol. The molecule has 156 valence electrons. The number of aromatic nitrogens is 3. The summed E-state index contributed by atoms with van der Waals surface area (Å²) in [6.45, 7) is 2.13. The van der Waals surface area contributed by atoms with Crippen molar-refractivity contribution in [1.29, 1.82) is 0 Å². The summed E-state index contributed by atoms with van der Waals surface area (Å²) < 4.78 is 0. The van der Waals surface area contributed by atoms with Crippen LogP contribution < -0.4 is 5.43 Å². The van der Waals surface area contributed by atoms with Gasteiger partial charge < -0.3 is 4.98 Å². The monoisotopic (exact) mass is 419 g/mol. The fourth-order valence-corrected chi connectivity index (χ4v) is 3.89. The third-order valence-corrected chi connectivity index (χ3v) is 5.50. The zero-order chi connectivity index (χ0) is 21.9. The van der Waals surface area contributed by atoms with E-state index in [0.717, 1.165) is 39.4 Å². The number of H-pyrrole nitrogens is 1. The Labute approximate surface area is 185 Å². The first-order valence-corrected chi connectivity index (χ1v) is 10.5. The number of benzene rings is 2. The molecule has 0 spiro atoms. The van der Waals surface area contributed by atoms with Crippen LogP contribution in [0, 0.1) is 0 Å². The highest BCUT2D eigenvalue weighted by atomic mass is 16.2. The van der Waals surface area contributed by atoms with E-state index in [1.807, 2.05) is 54.7 Å². The van der Waals surface area contributed by atoms with Gasteiger partial charge >= 0.3 is 0 Å². The second-order valence-electron chi connectivity index (χ2n) is 7.45. The van der Waals surface area contributed by atoms with Crippen molar-refractivity contribution in [3.05, 3.63) is 95.9 Å². The Kier molecular flexibility index (Phi) is 5.17. The number of nitrogens with zero attached hydrogens (tertiary/aromatic N) is 3. The lowest BCUT2D eigenvalue weighted by molar-refractivity contribution is 0.0956. The molecule has 3 aromatic heterocycles. The number of hydrogen-bond acceptors (Lipinski definition) is 4. The maximum Gasteiger partial charge on any atom is 0.272 e. The number of amides is 1. The quantitative estimate of drug-likeness (QED) is 0.307. The van der Waals surface area contributed by atoms with Gasteiger partial charge in [-0.3, -0.25) is 9.78 Å². The summed E-state index contributed by atoms with van der Waals surface area (Å²) in [5, 5.41) is 6.08. The number of nitrogens with one attached hydrogen (secondary N) is 2. The highest BCUT2D eigenvalue weighted by Crippen LogP contribution is 2.24. The van der Waals surface area contributed by atoms with Crippen LogP contribution in [0.15, 0.2) is 84.4 Å².